The number of benzene rings is 1. The fourth-order valence-electron chi connectivity index (χ4n) is 2.84. The number of carbonyl (C=O) groups is 2. The van der Waals surface area contributed by atoms with Crippen LogP contribution in [0.2, 0.25) is 0 Å². The van der Waals surface area contributed by atoms with Gasteiger partial charge in [0.25, 0.3) is 5.91 Å². The van der Waals surface area contributed by atoms with Gasteiger partial charge >= 0.3 is 5.97 Å². The van der Waals surface area contributed by atoms with E-state index in [0.29, 0.717) is 18.7 Å². The number of hydrogen-bond acceptors (Lipinski definition) is 5. The van der Waals surface area contributed by atoms with Crippen molar-refractivity contribution in [2.24, 2.45) is 0 Å². The molecular weight excluding hydrogens is 272 g/mol. The highest BCUT2D eigenvalue weighted by Gasteiger charge is 2.49. The minimum atomic E-state index is -0.473. The van der Waals surface area contributed by atoms with E-state index in [0.717, 1.165) is 5.56 Å². The van der Waals surface area contributed by atoms with Crippen LogP contribution in [0.5, 0.6) is 0 Å². The van der Waals surface area contributed by atoms with E-state index in [2.05, 4.69) is 5.16 Å². The van der Waals surface area contributed by atoms with Crippen LogP contribution in [-0.2, 0) is 9.53 Å². The number of esters is 1. The van der Waals surface area contributed by atoms with E-state index < -0.39 is 6.04 Å². The summed E-state index contributed by atoms with van der Waals surface area (Å²) in [5.74, 6) is -0.0812. The smallest absolute Gasteiger partial charge is 0.329 e. The first-order valence-electron chi connectivity index (χ1n) is 6.76. The molecule has 2 atom stereocenters. The lowest BCUT2D eigenvalue weighted by molar-refractivity contribution is -0.149. The van der Waals surface area contributed by atoms with Crippen LogP contribution in [-0.4, -0.2) is 40.6 Å². The first-order chi connectivity index (χ1) is 10.2. The Morgan fingerprint density at radius 2 is 2.10 bits per heavy atom. The number of amides is 1. The first-order valence-corrected chi connectivity index (χ1v) is 6.76. The Kier molecular flexibility index (Phi) is 2.57. The van der Waals surface area contributed by atoms with Gasteiger partial charge in [0, 0.05) is 18.1 Å². The number of ether oxygens (including phenoxy) is 1. The SMILES string of the molecule is O=C1O[C@@H]2C[C@@H]1N(C(=O)c1cc(-c3ccccc3)on1)C2. The predicted octanol–water partition coefficient (Wildman–Crippen LogP) is 1.48. The highest BCUT2D eigenvalue weighted by molar-refractivity contribution is 5.97. The molecule has 2 aliphatic heterocycles. The van der Waals surface area contributed by atoms with Crippen LogP contribution in [0, 0.1) is 0 Å². The van der Waals surface area contributed by atoms with Crippen LogP contribution in [0.3, 0.4) is 0 Å². The van der Waals surface area contributed by atoms with Crippen LogP contribution in [0.1, 0.15) is 16.9 Å². The van der Waals surface area contributed by atoms with Crippen molar-refractivity contribution in [1.82, 2.24) is 10.1 Å². The zero-order chi connectivity index (χ0) is 14.4. The fourth-order valence-corrected chi connectivity index (χ4v) is 2.84. The second-order valence-corrected chi connectivity index (χ2v) is 5.21. The highest BCUT2D eigenvalue weighted by atomic mass is 16.6. The van der Waals surface area contributed by atoms with Crippen LogP contribution < -0.4 is 0 Å². The van der Waals surface area contributed by atoms with Gasteiger partial charge in [-0.05, 0) is 0 Å². The van der Waals surface area contributed by atoms with Crippen LogP contribution in [0.15, 0.2) is 40.9 Å². The van der Waals surface area contributed by atoms with Gasteiger partial charge in [0.2, 0.25) is 0 Å². The van der Waals surface area contributed by atoms with Crippen LogP contribution in [0.25, 0.3) is 11.3 Å². The molecule has 0 spiro atoms. The van der Waals surface area contributed by atoms with Gasteiger partial charge in [0.15, 0.2) is 11.5 Å². The third kappa shape index (κ3) is 1.91. The van der Waals surface area contributed by atoms with Gasteiger partial charge in [0.1, 0.15) is 12.1 Å². The van der Waals surface area contributed by atoms with Gasteiger partial charge in [-0.2, -0.15) is 0 Å². The third-order valence-corrected chi connectivity index (χ3v) is 3.87. The molecule has 21 heavy (non-hydrogen) atoms. The van der Waals surface area contributed by atoms with E-state index in [9.17, 15) is 9.59 Å². The number of aromatic nitrogens is 1. The van der Waals surface area contributed by atoms with Crippen molar-refractivity contribution >= 4 is 11.9 Å². The summed E-state index contributed by atoms with van der Waals surface area (Å²) in [7, 11) is 0. The largest absolute Gasteiger partial charge is 0.459 e. The lowest BCUT2D eigenvalue weighted by Gasteiger charge is -2.24. The van der Waals surface area contributed by atoms with E-state index in [1.165, 1.54) is 4.90 Å². The second kappa shape index (κ2) is 4.44. The molecule has 6 heteroatoms. The molecule has 2 aliphatic rings. The molecule has 2 fully saturated rings. The van der Waals surface area contributed by atoms with E-state index in [1.807, 2.05) is 30.3 Å². The summed E-state index contributed by atoms with van der Waals surface area (Å²) in [6, 6.07) is 10.6. The van der Waals surface area contributed by atoms with Gasteiger partial charge in [-0.15, -0.1) is 0 Å². The molecule has 1 aromatic heterocycles. The van der Waals surface area contributed by atoms with Crippen molar-refractivity contribution in [3.63, 3.8) is 0 Å². The zero-order valence-corrected chi connectivity index (χ0v) is 11.1. The maximum atomic E-state index is 12.4. The van der Waals surface area contributed by atoms with Gasteiger partial charge in [-0.3, -0.25) is 4.79 Å². The Morgan fingerprint density at radius 1 is 1.29 bits per heavy atom. The van der Waals surface area contributed by atoms with E-state index >= 15 is 0 Å². The average Bonchev–Trinajstić information content (AvgIpc) is 3.22. The number of fused-ring (bicyclic) bond motifs is 2. The number of rotatable bonds is 2. The Labute approximate surface area is 120 Å². The van der Waals surface area contributed by atoms with Crippen molar-refractivity contribution in [2.75, 3.05) is 6.54 Å². The molecule has 6 nitrogen and oxygen atoms in total. The number of likely N-dealkylation sites (tertiary alicyclic amines) is 1. The Bertz CT molecular complexity index is 709. The quantitative estimate of drug-likeness (QED) is 0.781. The summed E-state index contributed by atoms with van der Waals surface area (Å²) in [6.45, 7) is 0.433. The van der Waals surface area contributed by atoms with Crippen molar-refractivity contribution in [3.8, 4) is 11.3 Å². The van der Waals surface area contributed by atoms with E-state index in [-0.39, 0.29) is 23.7 Å². The lowest BCUT2D eigenvalue weighted by atomic mass is 10.1. The summed E-state index contributed by atoms with van der Waals surface area (Å²) in [5, 5.41) is 3.83. The fraction of sp³-hybridized carbons (Fsp3) is 0.267. The second-order valence-electron chi connectivity index (χ2n) is 5.21. The molecule has 2 aromatic rings. The molecule has 4 rings (SSSR count). The predicted molar refractivity (Wildman–Crippen MR) is 71.3 cm³/mol. The number of hydrogen-bond donors (Lipinski definition) is 0. The van der Waals surface area contributed by atoms with E-state index in [1.54, 1.807) is 6.07 Å². The Balaban J connectivity index is 1.59. The summed E-state index contributed by atoms with van der Waals surface area (Å²) < 4.78 is 10.3. The molecule has 2 bridgehead atoms. The van der Waals surface area contributed by atoms with Gasteiger partial charge in [0.05, 0.1) is 6.54 Å². The first kappa shape index (κ1) is 12.1. The number of morpholine rings is 1. The Morgan fingerprint density at radius 3 is 2.81 bits per heavy atom. The summed E-state index contributed by atoms with van der Waals surface area (Å²) in [6.07, 6.45) is 0.403. The number of carbonyl (C=O) groups excluding carboxylic acids is 2. The topological polar surface area (TPSA) is 72.6 Å². The normalized spacial score (nSPS) is 23.4. The molecule has 0 N–H and O–H groups in total. The summed E-state index contributed by atoms with van der Waals surface area (Å²) in [4.78, 5) is 25.5. The molecule has 2 saturated heterocycles. The van der Waals surface area contributed by atoms with Gasteiger partial charge < -0.3 is 14.2 Å². The molecule has 3 heterocycles. The Hall–Kier alpha value is -2.63. The maximum absolute atomic E-state index is 12.4. The van der Waals surface area contributed by atoms with Crippen LogP contribution in [0.4, 0.5) is 0 Å². The minimum Gasteiger partial charge on any atom is -0.459 e. The van der Waals surface area contributed by atoms with Crippen molar-refractivity contribution in [1.29, 1.82) is 0 Å². The molecule has 1 amide bonds. The monoisotopic (exact) mass is 284 g/mol. The lowest BCUT2D eigenvalue weighted by Crippen LogP contribution is -2.44. The minimum absolute atomic E-state index is 0.174. The van der Waals surface area contributed by atoms with Gasteiger partial charge in [-0.25, -0.2) is 4.79 Å². The van der Waals surface area contributed by atoms with E-state index in [4.69, 9.17) is 9.26 Å². The third-order valence-electron chi connectivity index (χ3n) is 3.87. The number of nitrogens with zero attached hydrogens (tertiary/aromatic N) is 2. The molecule has 0 saturated carbocycles. The highest BCUT2D eigenvalue weighted by Crippen LogP contribution is 2.30. The van der Waals surface area contributed by atoms with Crippen molar-refractivity contribution < 1.29 is 18.8 Å². The molecule has 0 aliphatic carbocycles. The molecule has 106 valence electrons. The summed E-state index contributed by atoms with van der Waals surface area (Å²) in [5.41, 5.74) is 1.07. The zero-order valence-electron chi connectivity index (χ0n) is 11.1. The maximum Gasteiger partial charge on any atom is 0.329 e. The van der Waals surface area contributed by atoms with Crippen LogP contribution >= 0.6 is 0 Å². The standard InChI is InChI=1S/C15H12N2O4/c18-14(17-8-10-6-12(17)15(19)20-10)11-7-13(21-16-11)9-4-2-1-3-5-9/h1-5,7,10,12H,6,8H2/t10-,12+/m1/s1. The molecule has 0 radical (unpaired) electrons. The molecule has 1 aromatic carbocycles. The van der Waals surface area contributed by atoms with Crippen molar-refractivity contribution in [3.05, 3.63) is 42.1 Å². The summed E-state index contributed by atoms with van der Waals surface area (Å²) >= 11 is 0. The van der Waals surface area contributed by atoms with Crippen molar-refractivity contribution in [2.45, 2.75) is 18.6 Å². The average molecular weight is 284 g/mol. The molecular formula is C15H12N2O4. The molecule has 0 unspecified atom stereocenters. The van der Waals surface area contributed by atoms with Gasteiger partial charge in [-0.1, -0.05) is 35.5 Å².